The summed E-state index contributed by atoms with van der Waals surface area (Å²) in [6.45, 7) is 7.99. The van der Waals surface area contributed by atoms with Crippen molar-refractivity contribution in [3.05, 3.63) is 48.0 Å². The lowest BCUT2D eigenvalue weighted by atomic mass is 10.0. The number of rotatable bonds is 5. The molecule has 1 rings (SSSR count). The Morgan fingerprint density at radius 1 is 0.950 bits per heavy atom. The van der Waals surface area contributed by atoms with Gasteiger partial charge >= 0.3 is 6.18 Å². The molecule has 0 fully saturated rings. The van der Waals surface area contributed by atoms with Gasteiger partial charge in [-0.2, -0.15) is 13.2 Å². The molecule has 0 N–H and O–H groups in total. The van der Waals surface area contributed by atoms with Crippen molar-refractivity contribution in [3.63, 3.8) is 0 Å². The first-order valence-corrected chi connectivity index (χ1v) is 6.81. The van der Waals surface area contributed by atoms with Gasteiger partial charge in [-0.25, -0.2) is 0 Å². The van der Waals surface area contributed by atoms with Gasteiger partial charge in [0.1, 0.15) is 0 Å². The van der Waals surface area contributed by atoms with Crippen LogP contribution in [-0.4, -0.2) is 23.2 Å². The van der Waals surface area contributed by atoms with Gasteiger partial charge in [0.25, 0.3) is 0 Å². The molecule has 4 heteroatoms. The van der Waals surface area contributed by atoms with E-state index >= 15 is 0 Å². The number of benzene rings is 1. The smallest absolute Gasteiger partial charge is 0.288 e. The molecule has 1 aromatic rings. The normalized spacial score (nSPS) is 14.7. The summed E-state index contributed by atoms with van der Waals surface area (Å²) in [6.07, 6.45) is -2.70. The fourth-order valence-corrected chi connectivity index (χ4v) is 2.47. The van der Waals surface area contributed by atoms with Crippen molar-refractivity contribution in [1.29, 1.82) is 0 Å². The van der Waals surface area contributed by atoms with Crippen LogP contribution in [0.3, 0.4) is 0 Å². The third-order valence-electron chi connectivity index (χ3n) is 3.12. The van der Waals surface area contributed by atoms with Gasteiger partial charge in [0.15, 0.2) is 0 Å². The van der Waals surface area contributed by atoms with E-state index in [2.05, 4.69) is 4.90 Å². The Bertz CT molecular complexity index is 413. The molecule has 1 aromatic carbocycles. The molecular formula is C16H22F3N. The summed E-state index contributed by atoms with van der Waals surface area (Å²) in [7, 11) is 0. The molecule has 0 aliphatic carbocycles. The van der Waals surface area contributed by atoms with E-state index in [-0.39, 0.29) is 18.1 Å². The first kappa shape index (κ1) is 16.8. The highest BCUT2D eigenvalue weighted by Crippen LogP contribution is 2.28. The van der Waals surface area contributed by atoms with Crippen LogP contribution in [0, 0.1) is 0 Å². The summed E-state index contributed by atoms with van der Waals surface area (Å²) in [5.74, 6) is 0. The number of alkyl halides is 3. The quantitative estimate of drug-likeness (QED) is 0.691. The summed E-state index contributed by atoms with van der Waals surface area (Å²) in [6, 6.07) is 9.22. The maximum Gasteiger partial charge on any atom is 0.409 e. The van der Waals surface area contributed by atoms with Crippen molar-refractivity contribution in [3.8, 4) is 0 Å². The minimum absolute atomic E-state index is 0.151. The number of hydrogen-bond acceptors (Lipinski definition) is 1. The summed E-state index contributed by atoms with van der Waals surface area (Å²) >= 11 is 0. The van der Waals surface area contributed by atoms with E-state index in [0.717, 1.165) is 5.56 Å². The lowest BCUT2D eigenvalue weighted by Gasteiger charge is -2.37. The van der Waals surface area contributed by atoms with Crippen molar-refractivity contribution in [2.45, 2.75) is 52.0 Å². The molecule has 0 saturated carbocycles. The van der Waals surface area contributed by atoms with Gasteiger partial charge in [-0.05, 0) is 33.3 Å². The van der Waals surface area contributed by atoms with Crippen molar-refractivity contribution in [2.75, 3.05) is 0 Å². The predicted molar refractivity (Wildman–Crippen MR) is 76.5 cm³/mol. The lowest BCUT2D eigenvalue weighted by molar-refractivity contribution is -0.0805. The zero-order valence-corrected chi connectivity index (χ0v) is 12.4. The zero-order valence-electron chi connectivity index (χ0n) is 12.4. The van der Waals surface area contributed by atoms with Gasteiger partial charge in [0.05, 0.1) is 6.04 Å². The van der Waals surface area contributed by atoms with Crippen molar-refractivity contribution < 1.29 is 13.2 Å². The zero-order chi connectivity index (χ0) is 15.3. The lowest BCUT2D eigenvalue weighted by Crippen LogP contribution is -2.39. The van der Waals surface area contributed by atoms with Crippen molar-refractivity contribution in [2.24, 2.45) is 0 Å². The van der Waals surface area contributed by atoms with Crippen LogP contribution in [-0.2, 0) is 0 Å². The van der Waals surface area contributed by atoms with Gasteiger partial charge in [-0.1, -0.05) is 36.4 Å². The molecule has 1 nitrogen and oxygen atoms in total. The molecule has 20 heavy (non-hydrogen) atoms. The average Bonchev–Trinajstić information content (AvgIpc) is 2.33. The minimum atomic E-state index is -4.29. The Kier molecular flexibility index (Phi) is 5.81. The Hall–Kier alpha value is -1.29. The largest absolute Gasteiger partial charge is 0.409 e. The maximum absolute atomic E-state index is 12.5. The van der Waals surface area contributed by atoms with Crippen LogP contribution in [0.4, 0.5) is 13.2 Å². The highest BCUT2D eigenvalue weighted by Gasteiger charge is 2.27. The van der Waals surface area contributed by atoms with Crippen LogP contribution in [0.15, 0.2) is 42.5 Å². The van der Waals surface area contributed by atoms with Crippen LogP contribution in [0.2, 0.25) is 0 Å². The molecule has 0 heterocycles. The third-order valence-corrected chi connectivity index (χ3v) is 3.12. The first-order valence-electron chi connectivity index (χ1n) is 6.81. The third kappa shape index (κ3) is 5.00. The molecule has 0 saturated heterocycles. The van der Waals surface area contributed by atoms with Crippen LogP contribution in [0.25, 0.3) is 0 Å². The van der Waals surface area contributed by atoms with E-state index in [1.54, 1.807) is 0 Å². The van der Waals surface area contributed by atoms with Gasteiger partial charge in [-0.3, -0.25) is 4.90 Å². The molecule has 0 aromatic heterocycles. The van der Waals surface area contributed by atoms with Crippen molar-refractivity contribution in [1.82, 2.24) is 4.90 Å². The summed E-state index contributed by atoms with van der Waals surface area (Å²) in [4.78, 5) is 2.07. The van der Waals surface area contributed by atoms with E-state index in [1.807, 2.05) is 58.0 Å². The van der Waals surface area contributed by atoms with Gasteiger partial charge < -0.3 is 0 Å². The molecule has 112 valence electrons. The van der Waals surface area contributed by atoms with Gasteiger partial charge in [0.2, 0.25) is 0 Å². The number of halogens is 3. The molecule has 0 bridgehead atoms. The molecule has 0 spiro atoms. The summed E-state index contributed by atoms with van der Waals surface area (Å²) < 4.78 is 37.5. The standard InChI is InChI=1S/C16H22F3N/c1-12(2)20(13(3)4)15(10-11-16(17,18)19)14-8-6-5-7-9-14/h5-13,15H,1-4H3/b11-10+. The predicted octanol–water partition coefficient (Wildman–Crippen LogP) is 4.97. The molecule has 1 unspecified atom stereocenters. The minimum Gasteiger partial charge on any atom is -0.288 e. The van der Waals surface area contributed by atoms with Crippen LogP contribution in [0.5, 0.6) is 0 Å². The highest BCUT2D eigenvalue weighted by molar-refractivity contribution is 5.24. The fraction of sp³-hybridized carbons (Fsp3) is 0.500. The molecule has 0 aliphatic heterocycles. The number of hydrogen-bond donors (Lipinski definition) is 0. The van der Waals surface area contributed by atoms with Gasteiger partial charge in [0, 0.05) is 18.2 Å². The average molecular weight is 285 g/mol. The molecule has 0 aliphatic rings. The fourth-order valence-electron chi connectivity index (χ4n) is 2.47. The van der Waals surface area contributed by atoms with Crippen LogP contribution < -0.4 is 0 Å². The van der Waals surface area contributed by atoms with Crippen LogP contribution >= 0.6 is 0 Å². The number of allylic oxidation sites excluding steroid dienone is 1. The Balaban J connectivity index is 3.17. The Morgan fingerprint density at radius 3 is 1.85 bits per heavy atom. The van der Waals surface area contributed by atoms with E-state index in [9.17, 15) is 13.2 Å². The highest BCUT2D eigenvalue weighted by atomic mass is 19.4. The maximum atomic E-state index is 12.5. The van der Waals surface area contributed by atoms with E-state index in [1.165, 1.54) is 6.08 Å². The van der Waals surface area contributed by atoms with Crippen molar-refractivity contribution >= 4 is 0 Å². The van der Waals surface area contributed by atoms with E-state index in [4.69, 9.17) is 0 Å². The molecule has 0 radical (unpaired) electrons. The molecule has 1 atom stereocenters. The summed E-state index contributed by atoms with van der Waals surface area (Å²) in [5.41, 5.74) is 0.871. The molecule has 0 amide bonds. The topological polar surface area (TPSA) is 3.24 Å². The first-order chi connectivity index (χ1) is 9.22. The molecular weight excluding hydrogens is 263 g/mol. The Labute approximate surface area is 119 Å². The second-order valence-corrected chi connectivity index (χ2v) is 5.39. The second kappa shape index (κ2) is 6.93. The van der Waals surface area contributed by atoms with E-state index < -0.39 is 6.18 Å². The SMILES string of the molecule is CC(C)N(C(C)C)C(/C=C/C(F)(F)F)c1ccccc1. The number of nitrogens with zero attached hydrogens (tertiary/aromatic N) is 1. The Morgan fingerprint density at radius 2 is 1.45 bits per heavy atom. The second-order valence-electron chi connectivity index (χ2n) is 5.39. The van der Waals surface area contributed by atoms with E-state index in [0.29, 0.717) is 6.08 Å². The van der Waals surface area contributed by atoms with Crippen LogP contribution in [0.1, 0.15) is 39.3 Å². The summed E-state index contributed by atoms with van der Waals surface area (Å²) in [5, 5.41) is 0. The van der Waals surface area contributed by atoms with Gasteiger partial charge in [-0.15, -0.1) is 0 Å². The monoisotopic (exact) mass is 285 g/mol.